The second kappa shape index (κ2) is 6.75. The van der Waals surface area contributed by atoms with E-state index in [1.165, 1.54) is 19.3 Å². The number of hydrogen-bond donors (Lipinski definition) is 2. The fourth-order valence-corrected chi connectivity index (χ4v) is 4.34. The molecule has 0 aromatic carbocycles. The fourth-order valence-electron chi connectivity index (χ4n) is 2.92. The third-order valence-corrected chi connectivity index (χ3v) is 5.58. The Hall–Kier alpha value is -0.290. The van der Waals surface area contributed by atoms with E-state index in [4.69, 9.17) is 18.0 Å². The van der Waals surface area contributed by atoms with Crippen LogP contribution in [0.25, 0.3) is 0 Å². The van der Waals surface area contributed by atoms with Crippen LogP contribution < -0.4 is 11.1 Å². The number of thioether (sulfide) groups is 1. The molecule has 2 atom stereocenters. The molecular formula is C13H22N2OS2. The Morgan fingerprint density at radius 3 is 2.50 bits per heavy atom. The van der Waals surface area contributed by atoms with Gasteiger partial charge in [0.05, 0.1) is 16.3 Å². The number of carbonyl (C=O) groups is 1. The molecule has 5 heteroatoms. The maximum Gasteiger partial charge on any atom is 0.233 e. The van der Waals surface area contributed by atoms with Gasteiger partial charge >= 0.3 is 0 Å². The van der Waals surface area contributed by atoms with E-state index in [-0.39, 0.29) is 17.2 Å². The molecule has 0 bridgehead atoms. The molecule has 1 amide bonds. The van der Waals surface area contributed by atoms with Crippen molar-refractivity contribution < 1.29 is 4.79 Å². The molecular weight excluding hydrogens is 264 g/mol. The number of carbonyl (C=O) groups excluding carboxylic acids is 1. The van der Waals surface area contributed by atoms with Gasteiger partial charge < -0.3 is 11.1 Å². The Morgan fingerprint density at radius 1 is 1.22 bits per heavy atom. The van der Waals surface area contributed by atoms with Crippen LogP contribution in [-0.4, -0.2) is 27.9 Å². The number of thiocarbonyl (C=S) groups is 1. The van der Waals surface area contributed by atoms with Crippen molar-refractivity contribution in [1.82, 2.24) is 5.32 Å². The summed E-state index contributed by atoms with van der Waals surface area (Å²) in [5.41, 5.74) is 5.82. The standard InChI is InChI=1S/C13H22N2OS2/c14-12(17)11(9-5-2-1-3-6-9)15-13(16)10-7-4-8-18-10/h9-11H,1-8H2,(H2,14,17)(H,15,16). The zero-order chi connectivity index (χ0) is 13.0. The zero-order valence-electron chi connectivity index (χ0n) is 10.7. The monoisotopic (exact) mass is 286 g/mol. The average molecular weight is 286 g/mol. The average Bonchev–Trinajstić information content (AvgIpc) is 2.90. The van der Waals surface area contributed by atoms with Crippen molar-refractivity contribution in [2.45, 2.75) is 56.2 Å². The first-order valence-electron chi connectivity index (χ1n) is 6.90. The summed E-state index contributed by atoms with van der Waals surface area (Å²) in [5, 5.41) is 3.22. The van der Waals surface area contributed by atoms with Gasteiger partial charge in [-0.05, 0) is 37.4 Å². The molecule has 0 spiro atoms. The van der Waals surface area contributed by atoms with E-state index in [0.29, 0.717) is 10.9 Å². The van der Waals surface area contributed by atoms with Gasteiger partial charge in [0.15, 0.2) is 0 Å². The third-order valence-electron chi connectivity index (χ3n) is 3.95. The second-order valence-corrected chi connectivity index (χ2v) is 7.07. The number of rotatable bonds is 4. The first-order valence-corrected chi connectivity index (χ1v) is 8.35. The smallest absolute Gasteiger partial charge is 0.233 e. The van der Waals surface area contributed by atoms with E-state index in [1.807, 2.05) is 0 Å². The van der Waals surface area contributed by atoms with Gasteiger partial charge in [0.25, 0.3) is 0 Å². The maximum absolute atomic E-state index is 12.2. The van der Waals surface area contributed by atoms with Crippen LogP contribution in [-0.2, 0) is 4.79 Å². The van der Waals surface area contributed by atoms with Crippen LogP contribution in [0.2, 0.25) is 0 Å². The van der Waals surface area contributed by atoms with Crippen molar-refractivity contribution in [1.29, 1.82) is 0 Å². The van der Waals surface area contributed by atoms with E-state index in [1.54, 1.807) is 11.8 Å². The maximum atomic E-state index is 12.2. The highest BCUT2D eigenvalue weighted by Crippen LogP contribution is 2.29. The SMILES string of the molecule is NC(=S)C(NC(=O)C1CCCS1)C1CCCCC1. The Balaban J connectivity index is 1.92. The number of nitrogens with one attached hydrogen (secondary N) is 1. The van der Waals surface area contributed by atoms with Crippen molar-refractivity contribution in [3.8, 4) is 0 Å². The first-order chi connectivity index (χ1) is 8.68. The van der Waals surface area contributed by atoms with Gasteiger partial charge in [0.2, 0.25) is 5.91 Å². The molecule has 1 saturated carbocycles. The Bertz CT molecular complexity index is 310. The molecule has 102 valence electrons. The van der Waals surface area contributed by atoms with Crippen LogP contribution in [0.1, 0.15) is 44.9 Å². The predicted octanol–water partition coefficient (Wildman–Crippen LogP) is 2.23. The summed E-state index contributed by atoms with van der Waals surface area (Å²) in [6.45, 7) is 0. The summed E-state index contributed by atoms with van der Waals surface area (Å²) in [5.74, 6) is 1.69. The topological polar surface area (TPSA) is 55.1 Å². The van der Waals surface area contributed by atoms with E-state index in [9.17, 15) is 4.79 Å². The van der Waals surface area contributed by atoms with Crippen LogP contribution in [0, 0.1) is 5.92 Å². The highest BCUT2D eigenvalue weighted by Gasteiger charge is 2.30. The van der Waals surface area contributed by atoms with Gasteiger partial charge in [-0.3, -0.25) is 4.79 Å². The van der Waals surface area contributed by atoms with Crippen LogP contribution in [0.5, 0.6) is 0 Å². The minimum Gasteiger partial charge on any atom is -0.392 e. The number of nitrogens with two attached hydrogens (primary N) is 1. The number of amides is 1. The Kier molecular flexibility index (Phi) is 5.30. The van der Waals surface area contributed by atoms with E-state index < -0.39 is 0 Å². The van der Waals surface area contributed by atoms with Crippen LogP contribution in [0.3, 0.4) is 0 Å². The lowest BCUT2D eigenvalue weighted by molar-refractivity contribution is -0.121. The summed E-state index contributed by atoms with van der Waals surface area (Å²) in [6, 6.07) is -0.0889. The first kappa shape index (κ1) is 14.1. The molecule has 18 heavy (non-hydrogen) atoms. The van der Waals surface area contributed by atoms with Gasteiger partial charge in [-0.2, -0.15) is 0 Å². The van der Waals surface area contributed by atoms with Gasteiger partial charge in [-0.25, -0.2) is 0 Å². The van der Waals surface area contributed by atoms with E-state index >= 15 is 0 Å². The minimum atomic E-state index is -0.0889. The molecule has 0 aromatic rings. The summed E-state index contributed by atoms with van der Waals surface area (Å²) in [4.78, 5) is 12.6. The summed E-state index contributed by atoms with van der Waals surface area (Å²) in [6.07, 6.45) is 8.18. The third kappa shape index (κ3) is 3.60. The molecule has 1 aliphatic carbocycles. The molecule has 2 rings (SSSR count). The molecule has 3 nitrogen and oxygen atoms in total. The Labute approximate surface area is 119 Å². The highest BCUT2D eigenvalue weighted by molar-refractivity contribution is 8.00. The summed E-state index contributed by atoms with van der Waals surface area (Å²) in [7, 11) is 0. The zero-order valence-corrected chi connectivity index (χ0v) is 12.3. The van der Waals surface area contributed by atoms with Crippen molar-refractivity contribution >= 4 is 34.9 Å². The predicted molar refractivity (Wildman–Crippen MR) is 80.8 cm³/mol. The largest absolute Gasteiger partial charge is 0.392 e. The van der Waals surface area contributed by atoms with Crippen LogP contribution in [0.4, 0.5) is 0 Å². The molecule has 1 heterocycles. The second-order valence-electron chi connectivity index (χ2n) is 5.29. The lowest BCUT2D eigenvalue weighted by atomic mass is 9.83. The molecule has 0 aromatic heterocycles. The van der Waals surface area contributed by atoms with Crippen molar-refractivity contribution in [2.75, 3.05) is 5.75 Å². The molecule has 0 radical (unpaired) electrons. The molecule has 1 saturated heterocycles. The van der Waals surface area contributed by atoms with Crippen LogP contribution >= 0.6 is 24.0 Å². The normalized spacial score (nSPS) is 26.8. The summed E-state index contributed by atoms with van der Waals surface area (Å²) < 4.78 is 0. The van der Waals surface area contributed by atoms with Crippen LogP contribution in [0.15, 0.2) is 0 Å². The van der Waals surface area contributed by atoms with Gasteiger partial charge in [0, 0.05) is 0 Å². The highest BCUT2D eigenvalue weighted by atomic mass is 32.2. The molecule has 3 N–H and O–H groups in total. The van der Waals surface area contributed by atoms with Gasteiger partial charge in [-0.15, -0.1) is 11.8 Å². The van der Waals surface area contributed by atoms with E-state index in [0.717, 1.165) is 31.4 Å². The molecule has 2 unspecified atom stereocenters. The van der Waals surface area contributed by atoms with Gasteiger partial charge in [-0.1, -0.05) is 31.5 Å². The lowest BCUT2D eigenvalue weighted by Gasteiger charge is -2.30. The number of hydrogen-bond acceptors (Lipinski definition) is 3. The Morgan fingerprint density at radius 2 is 1.94 bits per heavy atom. The van der Waals surface area contributed by atoms with E-state index in [2.05, 4.69) is 5.32 Å². The molecule has 1 aliphatic heterocycles. The molecule has 2 fully saturated rings. The van der Waals surface area contributed by atoms with Crippen molar-refractivity contribution in [3.05, 3.63) is 0 Å². The lowest BCUT2D eigenvalue weighted by Crippen LogP contribution is -2.50. The quantitative estimate of drug-likeness (QED) is 0.778. The van der Waals surface area contributed by atoms with Gasteiger partial charge in [0.1, 0.15) is 0 Å². The minimum absolute atomic E-state index is 0.0889. The van der Waals surface area contributed by atoms with Crippen molar-refractivity contribution in [3.63, 3.8) is 0 Å². The summed E-state index contributed by atoms with van der Waals surface area (Å²) >= 11 is 6.90. The molecule has 2 aliphatic rings. The fraction of sp³-hybridized carbons (Fsp3) is 0.846. The van der Waals surface area contributed by atoms with Crippen molar-refractivity contribution in [2.24, 2.45) is 11.7 Å².